The Balaban J connectivity index is 1.38. The topological polar surface area (TPSA) is 71.3 Å². The third-order valence-corrected chi connectivity index (χ3v) is 6.50. The lowest BCUT2D eigenvalue weighted by Crippen LogP contribution is -2.49. The van der Waals surface area contributed by atoms with E-state index >= 15 is 0 Å². The van der Waals surface area contributed by atoms with Crippen molar-refractivity contribution in [3.8, 4) is 0 Å². The summed E-state index contributed by atoms with van der Waals surface area (Å²) in [6, 6.07) is 3.97. The smallest absolute Gasteiger partial charge is 0.262 e. The van der Waals surface area contributed by atoms with Gasteiger partial charge in [-0.25, -0.2) is 4.98 Å². The molecule has 0 aliphatic carbocycles. The molecule has 0 bridgehead atoms. The van der Waals surface area contributed by atoms with Crippen molar-refractivity contribution in [2.75, 3.05) is 31.1 Å². The Morgan fingerprint density at radius 3 is 2.57 bits per heavy atom. The first-order valence-electron chi connectivity index (χ1n) is 9.42. The van der Waals surface area contributed by atoms with E-state index in [1.165, 1.54) is 11.3 Å². The van der Waals surface area contributed by atoms with Crippen LogP contribution < -0.4 is 10.5 Å². The first-order chi connectivity index (χ1) is 13.5. The molecule has 3 aromatic heterocycles. The molecule has 8 heteroatoms. The molecule has 1 fully saturated rings. The Morgan fingerprint density at radius 2 is 1.86 bits per heavy atom. The number of amides is 1. The maximum Gasteiger partial charge on any atom is 0.262 e. The maximum atomic E-state index is 12.7. The van der Waals surface area contributed by atoms with E-state index < -0.39 is 0 Å². The van der Waals surface area contributed by atoms with Crippen LogP contribution in [0.15, 0.2) is 35.6 Å². The summed E-state index contributed by atoms with van der Waals surface area (Å²) >= 11 is 1.54. The van der Waals surface area contributed by atoms with Crippen LogP contribution in [0.5, 0.6) is 0 Å². The molecule has 4 heterocycles. The van der Waals surface area contributed by atoms with E-state index in [4.69, 9.17) is 0 Å². The van der Waals surface area contributed by atoms with Gasteiger partial charge in [0.1, 0.15) is 4.83 Å². The van der Waals surface area contributed by atoms with Crippen molar-refractivity contribution in [1.82, 2.24) is 19.4 Å². The van der Waals surface area contributed by atoms with Crippen LogP contribution in [-0.4, -0.2) is 51.5 Å². The number of fused-ring (bicyclic) bond motifs is 1. The van der Waals surface area contributed by atoms with Gasteiger partial charge in [-0.2, -0.15) is 0 Å². The molecule has 0 atom stereocenters. The lowest BCUT2D eigenvalue weighted by atomic mass is 10.2. The highest BCUT2D eigenvalue weighted by Gasteiger charge is 2.21. The molecule has 0 N–H and O–H groups in total. The molecule has 0 radical (unpaired) electrons. The molecule has 7 nitrogen and oxygen atoms in total. The average Bonchev–Trinajstić information content (AvgIpc) is 3.02. The van der Waals surface area contributed by atoms with Crippen molar-refractivity contribution in [3.63, 3.8) is 0 Å². The van der Waals surface area contributed by atoms with Crippen LogP contribution in [0.1, 0.15) is 16.9 Å². The van der Waals surface area contributed by atoms with Crippen molar-refractivity contribution >= 4 is 33.1 Å². The molecule has 1 amide bonds. The van der Waals surface area contributed by atoms with Crippen LogP contribution >= 0.6 is 11.3 Å². The number of carbonyl (C=O) groups is 1. The van der Waals surface area contributed by atoms with Gasteiger partial charge in [-0.05, 0) is 31.5 Å². The number of piperazine rings is 1. The van der Waals surface area contributed by atoms with E-state index in [0.29, 0.717) is 31.4 Å². The minimum absolute atomic E-state index is 0.0536. The number of nitrogens with zero attached hydrogens (tertiary/aromatic N) is 5. The van der Waals surface area contributed by atoms with Crippen LogP contribution in [0.3, 0.4) is 0 Å². The van der Waals surface area contributed by atoms with Crippen LogP contribution in [0.25, 0.3) is 10.2 Å². The maximum absolute atomic E-state index is 12.7. The number of hydrogen-bond donors (Lipinski definition) is 0. The van der Waals surface area contributed by atoms with Crippen molar-refractivity contribution in [2.24, 2.45) is 0 Å². The Labute approximate surface area is 167 Å². The average molecular weight is 398 g/mol. The highest BCUT2D eigenvalue weighted by Crippen LogP contribution is 2.25. The number of anilines is 1. The minimum atomic E-state index is -0.0536. The molecule has 4 rings (SSSR count). The number of carbonyl (C=O) groups excluding carboxylic acids is 1. The van der Waals surface area contributed by atoms with Crippen LogP contribution in [0.2, 0.25) is 0 Å². The fourth-order valence-corrected chi connectivity index (χ4v) is 4.56. The summed E-state index contributed by atoms with van der Waals surface area (Å²) in [6.07, 6.45) is 5.44. The van der Waals surface area contributed by atoms with Crippen molar-refractivity contribution < 1.29 is 4.79 Å². The van der Waals surface area contributed by atoms with E-state index in [1.54, 1.807) is 23.3 Å². The highest BCUT2D eigenvalue weighted by atomic mass is 32.1. The second kappa shape index (κ2) is 7.71. The molecule has 0 spiro atoms. The zero-order valence-electron chi connectivity index (χ0n) is 16.1. The van der Waals surface area contributed by atoms with Crippen LogP contribution in [0, 0.1) is 13.8 Å². The summed E-state index contributed by atoms with van der Waals surface area (Å²) in [7, 11) is 0. The van der Waals surface area contributed by atoms with Gasteiger partial charge in [0.15, 0.2) is 0 Å². The Bertz CT molecular complexity index is 1050. The summed E-state index contributed by atoms with van der Waals surface area (Å²) in [6.45, 7) is 7.30. The van der Waals surface area contributed by atoms with E-state index in [-0.39, 0.29) is 11.5 Å². The van der Waals surface area contributed by atoms with E-state index in [1.807, 2.05) is 30.9 Å². The summed E-state index contributed by atoms with van der Waals surface area (Å²) in [5, 5.41) is 0.684. The summed E-state index contributed by atoms with van der Waals surface area (Å²) in [4.78, 5) is 39.8. The van der Waals surface area contributed by atoms with Gasteiger partial charge >= 0.3 is 0 Å². The molecule has 1 saturated heterocycles. The Kier molecular flexibility index (Phi) is 5.13. The third-order valence-electron chi connectivity index (χ3n) is 5.38. The van der Waals surface area contributed by atoms with E-state index in [0.717, 1.165) is 34.0 Å². The lowest BCUT2D eigenvalue weighted by Gasteiger charge is -2.36. The number of hydrogen-bond acceptors (Lipinski definition) is 6. The Hall–Kier alpha value is -2.74. The van der Waals surface area contributed by atoms with Crippen molar-refractivity contribution in [3.05, 3.63) is 51.6 Å². The van der Waals surface area contributed by atoms with Gasteiger partial charge < -0.3 is 9.80 Å². The first-order valence-corrected chi connectivity index (χ1v) is 10.2. The second-order valence-corrected chi connectivity index (χ2v) is 8.23. The predicted molar refractivity (Wildman–Crippen MR) is 111 cm³/mol. The predicted octanol–water partition coefficient (Wildman–Crippen LogP) is 2.21. The first kappa shape index (κ1) is 18.6. The fourth-order valence-electron chi connectivity index (χ4n) is 3.57. The zero-order valence-corrected chi connectivity index (χ0v) is 16.9. The number of aryl methyl sites for hydroxylation is 3. The standard InChI is InChI=1S/C20H23N5O2S/c1-14-15(2)28-19-18(14)20(27)25(13-22-19)8-5-17(26)24-11-9-23(10-12-24)16-3-6-21-7-4-16/h3-4,6-7,13H,5,8-12H2,1-2H3. The molecule has 1 aliphatic rings. The number of rotatable bonds is 4. The van der Waals surface area contributed by atoms with Gasteiger partial charge in [0.05, 0.1) is 11.7 Å². The molecule has 28 heavy (non-hydrogen) atoms. The summed E-state index contributed by atoms with van der Waals surface area (Å²) < 4.78 is 1.56. The van der Waals surface area contributed by atoms with Gasteiger partial charge in [0.2, 0.25) is 5.91 Å². The third kappa shape index (κ3) is 3.52. The van der Waals surface area contributed by atoms with Gasteiger partial charge in [-0.15, -0.1) is 11.3 Å². The normalized spacial score (nSPS) is 14.6. The van der Waals surface area contributed by atoms with Crippen LogP contribution in [0.4, 0.5) is 5.69 Å². The van der Waals surface area contributed by atoms with Crippen molar-refractivity contribution in [2.45, 2.75) is 26.8 Å². The van der Waals surface area contributed by atoms with Gasteiger partial charge in [0.25, 0.3) is 5.56 Å². The molecule has 1 aliphatic heterocycles. The number of pyridine rings is 1. The molecule has 0 saturated carbocycles. The monoisotopic (exact) mass is 397 g/mol. The Morgan fingerprint density at radius 1 is 1.14 bits per heavy atom. The molecular weight excluding hydrogens is 374 g/mol. The number of thiophene rings is 1. The molecular formula is C20H23N5O2S. The van der Waals surface area contributed by atoms with Gasteiger partial charge in [0, 0.05) is 62.1 Å². The van der Waals surface area contributed by atoms with Gasteiger partial charge in [-0.1, -0.05) is 0 Å². The van der Waals surface area contributed by atoms with E-state index in [2.05, 4.69) is 14.9 Å². The minimum Gasteiger partial charge on any atom is -0.368 e. The number of aromatic nitrogens is 3. The highest BCUT2D eigenvalue weighted by molar-refractivity contribution is 7.18. The molecule has 3 aromatic rings. The SMILES string of the molecule is Cc1sc2ncn(CCC(=O)N3CCN(c4ccncc4)CC3)c(=O)c2c1C. The quantitative estimate of drug-likeness (QED) is 0.675. The molecule has 146 valence electrons. The zero-order chi connectivity index (χ0) is 19.7. The van der Waals surface area contributed by atoms with E-state index in [9.17, 15) is 9.59 Å². The fraction of sp³-hybridized carbons (Fsp3) is 0.400. The lowest BCUT2D eigenvalue weighted by molar-refractivity contribution is -0.131. The largest absolute Gasteiger partial charge is 0.368 e. The summed E-state index contributed by atoms with van der Waals surface area (Å²) in [5.41, 5.74) is 2.07. The second-order valence-electron chi connectivity index (χ2n) is 7.03. The summed E-state index contributed by atoms with van der Waals surface area (Å²) in [5.74, 6) is 0.0830. The molecule has 0 aromatic carbocycles. The van der Waals surface area contributed by atoms with Gasteiger partial charge in [-0.3, -0.25) is 19.1 Å². The van der Waals surface area contributed by atoms with Crippen molar-refractivity contribution in [1.29, 1.82) is 0 Å². The van der Waals surface area contributed by atoms with Crippen LogP contribution in [-0.2, 0) is 11.3 Å². The molecule has 0 unspecified atom stereocenters.